The number of anilines is 1. The predicted octanol–water partition coefficient (Wildman–Crippen LogP) is 3.17. The molecule has 1 aliphatic rings. The van der Waals surface area contributed by atoms with E-state index in [0.29, 0.717) is 18.8 Å². The number of hydrogen-bond donors (Lipinski definition) is 2. The zero-order valence-corrected chi connectivity index (χ0v) is 26.5. The van der Waals surface area contributed by atoms with Crippen LogP contribution in [0, 0.1) is 5.92 Å². The summed E-state index contributed by atoms with van der Waals surface area (Å²) in [5, 5.41) is 10.1. The molecule has 2 aromatic carbocycles. The highest BCUT2D eigenvalue weighted by Gasteiger charge is 2.32. The first-order valence-electron chi connectivity index (χ1n) is 14.1. The molecule has 1 heterocycles. The summed E-state index contributed by atoms with van der Waals surface area (Å²) in [6, 6.07) is 12.1. The summed E-state index contributed by atoms with van der Waals surface area (Å²) in [5.41, 5.74) is 0.363. The highest BCUT2D eigenvalue weighted by molar-refractivity contribution is 7.92. The Kier molecular flexibility index (Phi) is 11.8. The Morgan fingerprint density at radius 2 is 1.79 bits per heavy atom. The van der Waals surface area contributed by atoms with E-state index in [1.807, 2.05) is 13.8 Å². The lowest BCUT2D eigenvalue weighted by atomic mass is 10.0. The summed E-state index contributed by atoms with van der Waals surface area (Å²) in [5.74, 6) is -0.475. The van der Waals surface area contributed by atoms with Crippen LogP contribution in [0.25, 0.3) is 0 Å². The van der Waals surface area contributed by atoms with Crippen LogP contribution in [0.1, 0.15) is 50.4 Å². The number of aliphatic hydroxyl groups excluding tert-OH is 1. The van der Waals surface area contributed by atoms with Crippen LogP contribution in [0.3, 0.4) is 0 Å². The molecule has 0 bridgehead atoms. The number of carbonyl (C=O) groups is 1. The molecule has 42 heavy (non-hydrogen) atoms. The fourth-order valence-electron chi connectivity index (χ4n) is 4.79. The summed E-state index contributed by atoms with van der Waals surface area (Å²) in [7, 11) is -5.87. The zero-order chi connectivity index (χ0) is 31.1. The first-order valence-corrected chi connectivity index (χ1v) is 17.4. The fraction of sp³-hybridized carbons (Fsp3) is 0.552. The van der Waals surface area contributed by atoms with Crippen molar-refractivity contribution < 1.29 is 36.2 Å². The van der Waals surface area contributed by atoms with Crippen LogP contribution in [0.5, 0.6) is 5.75 Å². The maximum atomic E-state index is 14.1. The lowest BCUT2D eigenvalue weighted by Crippen LogP contribution is -2.48. The third-order valence-electron chi connectivity index (χ3n) is 7.24. The van der Waals surface area contributed by atoms with Gasteiger partial charge in [-0.1, -0.05) is 25.1 Å². The van der Waals surface area contributed by atoms with Crippen molar-refractivity contribution in [2.45, 2.75) is 63.2 Å². The SMILES string of the molecule is C[C@@H]1CCCCO[C@@H](CN(C)S(=O)(=O)c2ccccc2)[C@@H](C)CN([C@H](C)CO)C(=O)c2cc(NS(C)(=O)=O)ccc2O1. The molecule has 13 heteroatoms. The molecule has 2 aromatic rings. The number of nitrogens with one attached hydrogen (secondary N) is 1. The molecule has 3 rings (SSSR count). The molecule has 0 aromatic heterocycles. The fourth-order valence-corrected chi connectivity index (χ4v) is 6.55. The third-order valence-corrected chi connectivity index (χ3v) is 9.69. The van der Waals surface area contributed by atoms with E-state index in [0.717, 1.165) is 19.1 Å². The Bertz CT molecular complexity index is 1400. The minimum absolute atomic E-state index is 0.0620. The van der Waals surface area contributed by atoms with E-state index in [-0.39, 0.29) is 47.9 Å². The van der Waals surface area contributed by atoms with Crippen LogP contribution in [-0.4, -0.2) is 94.9 Å². The summed E-state index contributed by atoms with van der Waals surface area (Å²) in [6.45, 7) is 5.77. The number of sulfonamides is 2. The maximum Gasteiger partial charge on any atom is 0.258 e. The first kappa shape index (κ1) is 33.8. The predicted molar refractivity (Wildman–Crippen MR) is 162 cm³/mol. The zero-order valence-electron chi connectivity index (χ0n) is 24.9. The smallest absolute Gasteiger partial charge is 0.258 e. The van der Waals surface area contributed by atoms with Gasteiger partial charge in [-0.2, -0.15) is 4.31 Å². The minimum atomic E-state index is -3.77. The largest absolute Gasteiger partial charge is 0.490 e. The Labute approximate surface area is 249 Å². The molecular formula is C29H43N3O8S2. The van der Waals surface area contributed by atoms with E-state index in [9.17, 15) is 26.7 Å². The Morgan fingerprint density at radius 1 is 1.10 bits per heavy atom. The number of likely N-dealkylation sites (N-methyl/N-ethyl adjacent to an activating group) is 1. The molecule has 0 fully saturated rings. The van der Waals surface area contributed by atoms with E-state index in [1.165, 1.54) is 22.3 Å². The van der Waals surface area contributed by atoms with Crippen molar-refractivity contribution >= 4 is 31.6 Å². The molecule has 234 valence electrons. The topological polar surface area (TPSA) is 143 Å². The van der Waals surface area contributed by atoms with E-state index in [1.54, 1.807) is 49.4 Å². The van der Waals surface area contributed by atoms with Crippen LogP contribution < -0.4 is 9.46 Å². The molecule has 1 amide bonds. The van der Waals surface area contributed by atoms with Crippen LogP contribution >= 0.6 is 0 Å². The average Bonchev–Trinajstić information content (AvgIpc) is 2.94. The van der Waals surface area contributed by atoms with Crippen molar-refractivity contribution in [3.63, 3.8) is 0 Å². The van der Waals surface area contributed by atoms with Gasteiger partial charge in [0.15, 0.2) is 0 Å². The van der Waals surface area contributed by atoms with Crippen molar-refractivity contribution in [3.05, 3.63) is 54.1 Å². The average molecular weight is 626 g/mol. The van der Waals surface area contributed by atoms with E-state index >= 15 is 0 Å². The molecule has 4 atom stereocenters. The standard InChI is InChI=1S/C29H43N3O8S2/c1-21-18-32(22(2)20-33)29(34)26-17-24(30-41(5,35)36)14-15-27(26)40-23(3)11-9-10-16-39-28(21)19-31(4)42(37,38)25-12-7-6-8-13-25/h6-8,12-15,17,21-23,28,30,33H,9-11,16,18-20H2,1-5H3/t21-,22+,23+,28-/m0/s1. The van der Waals surface area contributed by atoms with E-state index in [4.69, 9.17) is 9.47 Å². The molecule has 0 saturated heterocycles. The van der Waals surface area contributed by atoms with Crippen molar-refractivity contribution in [1.82, 2.24) is 9.21 Å². The van der Waals surface area contributed by atoms with Gasteiger partial charge >= 0.3 is 0 Å². The second kappa shape index (κ2) is 14.6. The van der Waals surface area contributed by atoms with E-state index in [2.05, 4.69) is 4.72 Å². The second-order valence-corrected chi connectivity index (χ2v) is 14.8. The van der Waals surface area contributed by atoms with Crippen LogP contribution in [0.15, 0.2) is 53.4 Å². The number of carbonyl (C=O) groups excluding carboxylic acids is 1. The molecule has 1 aliphatic heterocycles. The van der Waals surface area contributed by atoms with Gasteiger partial charge in [-0.15, -0.1) is 0 Å². The Hall–Kier alpha value is -2.71. The van der Waals surface area contributed by atoms with Gasteiger partial charge in [0.1, 0.15) is 5.75 Å². The van der Waals surface area contributed by atoms with Gasteiger partial charge in [-0.3, -0.25) is 9.52 Å². The molecule has 2 N–H and O–H groups in total. The number of rotatable bonds is 8. The summed E-state index contributed by atoms with van der Waals surface area (Å²) in [4.78, 5) is 15.7. The molecule has 0 aliphatic carbocycles. The Balaban J connectivity index is 1.98. The number of hydrogen-bond acceptors (Lipinski definition) is 8. The maximum absolute atomic E-state index is 14.1. The number of benzene rings is 2. The van der Waals surface area contributed by atoms with Gasteiger partial charge in [0.05, 0.1) is 41.6 Å². The molecule has 11 nitrogen and oxygen atoms in total. The summed E-state index contributed by atoms with van der Waals surface area (Å²) in [6.07, 6.45) is 2.42. The Morgan fingerprint density at radius 3 is 2.43 bits per heavy atom. The molecule has 0 spiro atoms. The summed E-state index contributed by atoms with van der Waals surface area (Å²) < 4.78 is 66.4. The van der Waals surface area contributed by atoms with Crippen molar-refractivity contribution in [1.29, 1.82) is 0 Å². The van der Waals surface area contributed by atoms with Crippen LogP contribution in [0.2, 0.25) is 0 Å². The number of aliphatic hydroxyl groups is 1. The summed E-state index contributed by atoms with van der Waals surface area (Å²) >= 11 is 0. The first-order chi connectivity index (χ1) is 19.7. The number of ether oxygens (including phenoxy) is 2. The molecular weight excluding hydrogens is 582 g/mol. The van der Waals surface area contributed by atoms with Gasteiger partial charge < -0.3 is 19.5 Å². The van der Waals surface area contributed by atoms with Crippen LogP contribution in [0.4, 0.5) is 5.69 Å². The highest BCUT2D eigenvalue weighted by Crippen LogP contribution is 2.29. The minimum Gasteiger partial charge on any atom is -0.490 e. The van der Waals surface area contributed by atoms with Crippen molar-refractivity contribution in [3.8, 4) is 5.75 Å². The monoisotopic (exact) mass is 625 g/mol. The van der Waals surface area contributed by atoms with Gasteiger partial charge in [0.25, 0.3) is 5.91 Å². The van der Waals surface area contributed by atoms with Crippen LogP contribution in [-0.2, 0) is 24.8 Å². The lowest BCUT2D eigenvalue weighted by molar-refractivity contribution is -0.00833. The molecule has 0 unspecified atom stereocenters. The quantitative estimate of drug-likeness (QED) is 0.456. The molecule has 0 radical (unpaired) electrons. The van der Waals surface area contributed by atoms with Gasteiger partial charge in [-0.05, 0) is 63.4 Å². The van der Waals surface area contributed by atoms with Crippen molar-refractivity contribution in [2.24, 2.45) is 5.92 Å². The third kappa shape index (κ3) is 9.14. The lowest BCUT2D eigenvalue weighted by Gasteiger charge is -2.35. The molecule has 0 saturated carbocycles. The van der Waals surface area contributed by atoms with Gasteiger partial charge in [0.2, 0.25) is 20.0 Å². The van der Waals surface area contributed by atoms with Crippen molar-refractivity contribution in [2.75, 3.05) is 44.3 Å². The normalized spacial score (nSPS) is 22.1. The highest BCUT2D eigenvalue weighted by atomic mass is 32.2. The van der Waals surface area contributed by atoms with E-state index < -0.39 is 38.1 Å². The number of amides is 1. The van der Waals surface area contributed by atoms with Gasteiger partial charge in [0, 0.05) is 38.3 Å². The van der Waals surface area contributed by atoms with Gasteiger partial charge in [-0.25, -0.2) is 16.8 Å². The number of fused-ring (bicyclic) bond motifs is 1. The number of nitrogens with zero attached hydrogens (tertiary/aromatic N) is 2. The second-order valence-electron chi connectivity index (χ2n) is 11.0.